The molecule has 0 saturated heterocycles. The lowest BCUT2D eigenvalue weighted by atomic mass is 9.43. The SMILES string of the molecule is C=C1C[C@@]23CC[C@H](C(C)(C)C(=O)O)[C@](C)(CC(=O)O)[C@@H]2CC[C@@H]1C3. The predicted molar refractivity (Wildman–Crippen MR) is 91.5 cm³/mol. The molecule has 1 spiro atoms. The molecule has 4 nitrogen and oxygen atoms in total. The first-order valence-corrected chi connectivity index (χ1v) is 9.16. The van der Waals surface area contributed by atoms with E-state index in [0.29, 0.717) is 5.92 Å². The van der Waals surface area contributed by atoms with Gasteiger partial charge in [-0.25, -0.2) is 0 Å². The fourth-order valence-corrected chi connectivity index (χ4v) is 6.85. The van der Waals surface area contributed by atoms with Gasteiger partial charge in [0.25, 0.3) is 0 Å². The van der Waals surface area contributed by atoms with Gasteiger partial charge in [0, 0.05) is 0 Å². The van der Waals surface area contributed by atoms with Crippen molar-refractivity contribution < 1.29 is 19.8 Å². The fraction of sp³-hybridized carbons (Fsp3) is 0.800. The molecular formula is C20H30O4. The van der Waals surface area contributed by atoms with Gasteiger partial charge in [0.15, 0.2) is 0 Å². The molecule has 134 valence electrons. The van der Waals surface area contributed by atoms with Gasteiger partial charge >= 0.3 is 11.9 Å². The second-order valence-electron chi connectivity index (χ2n) is 9.42. The molecule has 2 bridgehead atoms. The van der Waals surface area contributed by atoms with Crippen LogP contribution in [0.15, 0.2) is 12.2 Å². The van der Waals surface area contributed by atoms with Gasteiger partial charge in [-0.05, 0) is 81.0 Å². The molecule has 3 saturated carbocycles. The van der Waals surface area contributed by atoms with Crippen LogP contribution in [-0.2, 0) is 9.59 Å². The number of aliphatic carboxylic acids is 2. The maximum atomic E-state index is 11.9. The van der Waals surface area contributed by atoms with Crippen LogP contribution >= 0.6 is 0 Å². The molecule has 3 aliphatic carbocycles. The van der Waals surface area contributed by atoms with E-state index >= 15 is 0 Å². The Balaban J connectivity index is 2.05. The standard InChI is InChI=1S/C20H30O4/c1-12-9-20-8-7-14(18(2,3)17(23)24)19(4,11-16(21)22)15(20)6-5-13(12)10-20/h13-15H,1,5-11H2,2-4H3,(H,21,22)(H,23,24)/t13-,14-,15+,19+,20-/m1/s1. The second-order valence-corrected chi connectivity index (χ2v) is 9.42. The van der Waals surface area contributed by atoms with Crippen molar-refractivity contribution in [3.63, 3.8) is 0 Å². The summed E-state index contributed by atoms with van der Waals surface area (Å²) in [7, 11) is 0. The lowest BCUT2D eigenvalue weighted by Crippen LogP contribution is -2.56. The van der Waals surface area contributed by atoms with E-state index in [1.807, 2.05) is 0 Å². The van der Waals surface area contributed by atoms with Gasteiger partial charge in [0.2, 0.25) is 0 Å². The lowest BCUT2D eigenvalue weighted by Gasteiger charge is -2.60. The zero-order chi connectivity index (χ0) is 17.9. The summed E-state index contributed by atoms with van der Waals surface area (Å²) in [4.78, 5) is 23.6. The lowest BCUT2D eigenvalue weighted by molar-refractivity contribution is -0.173. The third-order valence-electron chi connectivity index (χ3n) is 7.83. The van der Waals surface area contributed by atoms with Crippen molar-refractivity contribution in [3.05, 3.63) is 12.2 Å². The van der Waals surface area contributed by atoms with E-state index in [1.54, 1.807) is 13.8 Å². The number of carboxylic acid groups (broad SMARTS) is 2. The topological polar surface area (TPSA) is 74.6 Å². The highest BCUT2D eigenvalue weighted by Crippen LogP contribution is 2.70. The number of hydrogen-bond acceptors (Lipinski definition) is 2. The molecule has 5 atom stereocenters. The molecule has 0 amide bonds. The van der Waals surface area contributed by atoms with E-state index in [-0.39, 0.29) is 23.7 Å². The molecule has 0 aromatic carbocycles. The number of carboxylic acids is 2. The van der Waals surface area contributed by atoms with E-state index in [9.17, 15) is 19.8 Å². The highest BCUT2D eigenvalue weighted by Gasteiger charge is 2.63. The van der Waals surface area contributed by atoms with Gasteiger partial charge in [0.05, 0.1) is 11.8 Å². The predicted octanol–water partition coefficient (Wildman–Crippen LogP) is 4.35. The quantitative estimate of drug-likeness (QED) is 0.750. The fourth-order valence-electron chi connectivity index (χ4n) is 6.85. The van der Waals surface area contributed by atoms with Crippen LogP contribution in [0.1, 0.15) is 65.7 Å². The Labute approximate surface area is 144 Å². The van der Waals surface area contributed by atoms with E-state index in [2.05, 4.69) is 13.5 Å². The smallest absolute Gasteiger partial charge is 0.309 e. The molecule has 3 aliphatic rings. The summed E-state index contributed by atoms with van der Waals surface area (Å²) in [5.41, 5.74) is 0.126. The Hall–Kier alpha value is -1.32. The Morgan fingerprint density at radius 3 is 2.50 bits per heavy atom. The van der Waals surface area contributed by atoms with Crippen molar-refractivity contribution in [3.8, 4) is 0 Å². The molecule has 2 N–H and O–H groups in total. The van der Waals surface area contributed by atoms with E-state index in [1.165, 1.54) is 5.57 Å². The minimum absolute atomic E-state index is 0.0674. The van der Waals surface area contributed by atoms with Gasteiger partial charge in [-0.1, -0.05) is 19.1 Å². The number of fused-ring (bicyclic) bond motifs is 1. The van der Waals surface area contributed by atoms with Crippen molar-refractivity contribution in [2.45, 2.75) is 65.7 Å². The van der Waals surface area contributed by atoms with Crippen LogP contribution in [0.2, 0.25) is 0 Å². The normalized spacial score (nSPS) is 41.8. The zero-order valence-corrected chi connectivity index (χ0v) is 15.1. The summed E-state index contributed by atoms with van der Waals surface area (Å²) >= 11 is 0. The van der Waals surface area contributed by atoms with E-state index in [0.717, 1.165) is 38.5 Å². The average molecular weight is 334 g/mol. The summed E-state index contributed by atoms with van der Waals surface area (Å²) in [5, 5.41) is 19.4. The van der Waals surface area contributed by atoms with Crippen molar-refractivity contribution in [2.24, 2.45) is 34.0 Å². The van der Waals surface area contributed by atoms with Crippen molar-refractivity contribution in [1.82, 2.24) is 0 Å². The summed E-state index contributed by atoms with van der Waals surface area (Å²) in [6.07, 6.45) is 6.13. The van der Waals surface area contributed by atoms with Crippen LogP contribution in [-0.4, -0.2) is 22.2 Å². The second kappa shape index (κ2) is 5.34. The molecule has 0 aromatic heterocycles. The van der Waals surface area contributed by atoms with Crippen LogP contribution in [0.3, 0.4) is 0 Å². The Morgan fingerprint density at radius 1 is 1.25 bits per heavy atom. The molecule has 0 aromatic rings. The van der Waals surface area contributed by atoms with E-state index in [4.69, 9.17) is 0 Å². The molecule has 24 heavy (non-hydrogen) atoms. The third-order valence-corrected chi connectivity index (χ3v) is 7.83. The third kappa shape index (κ3) is 2.33. The monoisotopic (exact) mass is 334 g/mol. The van der Waals surface area contributed by atoms with Gasteiger partial charge in [-0.2, -0.15) is 0 Å². The molecule has 0 radical (unpaired) electrons. The summed E-state index contributed by atoms with van der Waals surface area (Å²) in [6.45, 7) is 9.89. The maximum absolute atomic E-state index is 11.9. The Kier molecular flexibility index (Phi) is 3.89. The molecule has 0 heterocycles. The van der Waals surface area contributed by atoms with Crippen LogP contribution in [0, 0.1) is 34.0 Å². The Morgan fingerprint density at radius 2 is 1.92 bits per heavy atom. The van der Waals surface area contributed by atoms with Gasteiger partial charge in [-0.3, -0.25) is 9.59 Å². The number of allylic oxidation sites excluding steroid dienone is 1. The minimum Gasteiger partial charge on any atom is -0.481 e. The number of carbonyl (C=O) groups is 2. The van der Waals surface area contributed by atoms with Crippen molar-refractivity contribution in [1.29, 1.82) is 0 Å². The summed E-state index contributed by atoms with van der Waals surface area (Å²) in [6, 6.07) is 0. The van der Waals surface area contributed by atoms with Crippen LogP contribution in [0.4, 0.5) is 0 Å². The van der Waals surface area contributed by atoms with Gasteiger partial charge in [0.1, 0.15) is 0 Å². The number of rotatable bonds is 4. The number of hydrogen-bond donors (Lipinski definition) is 2. The first kappa shape index (κ1) is 17.5. The van der Waals surface area contributed by atoms with Crippen molar-refractivity contribution in [2.75, 3.05) is 0 Å². The molecule has 0 unspecified atom stereocenters. The summed E-state index contributed by atoms with van der Waals surface area (Å²) < 4.78 is 0. The first-order chi connectivity index (χ1) is 11.0. The van der Waals surface area contributed by atoms with Gasteiger partial charge in [-0.15, -0.1) is 0 Å². The van der Waals surface area contributed by atoms with Gasteiger partial charge < -0.3 is 10.2 Å². The van der Waals surface area contributed by atoms with Crippen LogP contribution in [0.5, 0.6) is 0 Å². The molecule has 3 rings (SSSR count). The minimum atomic E-state index is -0.904. The molecule has 4 heteroatoms. The Bertz CT molecular complexity index is 592. The zero-order valence-electron chi connectivity index (χ0n) is 15.1. The van der Waals surface area contributed by atoms with E-state index < -0.39 is 22.8 Å². The first-order valence-electron chi connectivity index (χ1n) is 9.16. The highest BCUT2D eigenvalue weighted by atomic mass is 16.4. The largest absolute Gasteiger partial charge is 0.481 e. The van der Waals surface area contributed by atoms with Crippen molar-refractivity contribution >= 4 is 11.9 Å². The highest BCUT2D eigenvalue weighted by molar-refractivity contribution is 5.75. The van der Waals surface area contributed by atoms with Crippen LogP contribution < -0.4 is 0 Å². The molecule has 3 fully saturated rings. The summed E-state index contributed by atoms with van der Waals surface area (Å²) in [5.74, 6) is -0.850. The molecular weight excluding hydrogens is 304 g/mol. The maximum Gasteiger partial charge on any atom is 0.309 e. The average Bonchev–Trinajstić information content (AvgIpc) is 2.67. The van der Waals surface area contributed by atoms with Crippen LogP contribution in [0.25, 0.3) is 0 Å². The molecule has 0 aliphatic heterocycles.